The number of aromatic nitrogens is 1. The van der Waals surface area contributed by atoms with Gasteiger partial charge in [-0.1, -0.05) is 0 Å². The van der Waals surface area contributed by atoms with Gasteiger partial charge in [0.2, 0.25) is 0 Å². The maximum absolute atomic E-state index is 13.4. The van der Waals surface area contributed by atoms with Crippen molar-refractivity contribution in [2.24, 2.45) is 5.92 Å². The van der Waals surface area contributed by atoms with E-state index in [0.717, 1.165) is 42.9 Å². The molecule has 1 fully saturated rings. The lowest BCUT2D eigenvalue weighted by Gasteiger charge is -2.26. The topological polar surface area (TPSA) is 30.0 Å². The van der Waals surface area contributed by atoms with E-state index in [2.05, 4.69) is 4.98 Å². The standard InChI is InChI=1S/C16H16FNO/c17-13-5-6-16-15(9-13)14(7-8-18-16)12-3-1-11(10-19)2-4-12/h5-12H,1-4H2. The number of benzene rings is 1. The smallest absolute Gasteiger partial charge is 0.123 e. The van der Waals surface area contributed by atoms with Crippen LogP contribution in [0.4, 0.5) is 4.39 Å². The Morgan fingerprint density at radius 1 is 1.16 bits per heavy atom. The number of aldehydes is 1. The summed E-state index contributed by atoms with van der Waals surface area (Å²) in [6.45, 7) is 0. The number of carbonyl (C=O) groups is 1. The van der Waals surface area contributed by atoms with Crippen molar-refractivity contribution in [1.29, 1.82) is 0 Å². The lowest BCUT2D eigenvalue weighted by molar-refractivity contribution is -0.111. The van der Waals surface area contributed by atoms with E-state index >= 15 is 0 Å². The number of pyridine rings is 1. The lowest BCUT2D eigenvalue weighted by Crippen LogP contribution is -2.14. The first-order valence-electron chi connectivity index (χ1n) is 6.77. The molecule has 0 unspecified atom stereocenters. The molecular formula is C16H16FNO. The van der Waals surface area contributed by atoms with Crippen LogP contribution in [0.3, 0.4) is 0 Å². The first kappa shape index (κ1) is 12.3. The summed E-state index contributed by atoms with van der Waals surface area (Å²) in [7, 11) is 0. The summed E-state index contributed by atoms with van der Waals surface area (Å²) >= 11 is 0. The van der Waals surface area contributed by atoms with Crippen LogP contribution in [0.15, 0.2) is 30.5 Å². The highest BCUT2D eigenvalue weighted by Crippen LogP contribution is 2.37. The van der Waals surface area contributed by atoms with E-state index in [1.165, 1.54) is 11.6 Å². The molecule has 19 heavy (non-hydrogen) atoms. The molecule has 2 aromatic rings. The molecule has 0 radical (unpaired) electrons. The summed E-state index contributed by atoms with van der Waals surface area (Å²) in [6.07, 6.45) is 6.74. The van der Waals surface area contributed by atoms with Crippen molar-refractivity contribution in [2.45, 2.75) is 31.6 Å². The van der Waals surface area contributed by atoms with E-state index < -0.39 is 0 Å². The molecule has 1 aromatic carbocycles. The zero-order valence-electron chi connectivity index (χ0n) is 10.7. The van der Waals surface area contributed by atoms with Crippen molar-refractivity contribution < 1.29 is 9.18 Å². The molecule has 1 heterocycles. The molecule has 1 aliphatic carbocycles. The van der Waals surface area contributed by atoms with Crippen LogP contribution in [-0.2, 0) is 4.79 Å². The molecule has 1 aromatic heterocycles. The van der Waals surface area contributed by atoms with Gasteiger partial charge in [0.05, 0.1) is 5.52 Å². The van der Waals surface area contributed by atoms with Gasteiger partial charge >= 0.3 is 0 Å². The minimum Gasteiger partial charge on any atom is -0.303 e. The third-order valence-electron chi connectivity index (χ3n) is 4.14. The van der Waals surface area contributed by atoms with E-state index in [4.69, 9.17) is 0 Å². The molecule has 2 nitrogen and oxygen atoms in total. The second-order valence-corrected chi connectivity index (χ2v) is 5.31. The van der Waals surface area contributed by atoms with Crippen LogP contribution < -0.4 is 0 Å². The fraction of sp³-hybridized carbons (Fsp3) is 0.375. The van der Waals surface area contributed by atoms with Crippen molar-refractivity contribution in [3.8, 4) is 0 Å². The Morgan fingerprint density at radius 3 is 2.68 bits per heavy atom. The van der Waals surface area contributed by atoms with Crippen LogP contribution in [0.5, 0.6) is 0 Å². The summed E-state index contributed by atoms with van der Waals surface area (Å²) < 4.78 is 13.4. The van der Waals surface area contributed by atoms with Crippen molar-refractivity contribution in [3.05, 3.63) is 41.8 Å². The van der Waals surface area contributed by atoms with E-state index in [-0.39, 0.29) is 11.7 Å². The van der Waals surface area contributed by atoms with E-state index in [1.54, 1.807) is 18.3 Å². The maximum Gasteiger partial charge on any atom is 0.123 e. The highest BCUT2D eigenvalue weighted by molar-refractivity contribution is 5.82. The number of rotatable bonds is 2. The monoisotopic (exact) mass is 257 g/mol. The van der Waals surface area contributed by atoms with Crippen LogP contribution in [0, 0.1) is 11.7 Å². The van der Waals surface area contributed by atoms with Crippen molar-refractivity contribution in [2.75, 3.05) is 0 Å². The fourth-order valence-corrected chi connectivity index (χ4v) is 3.06. The van der Waals surface area contributed by atoms with Crippen LogP contribution in [-0.4, -0.2) is 11.3 Å². The second-order valence-electron chi connectivity index (χ2n) is 5.31. The van der Waals surface area contributed by atoms with Gasteiger partial charge < -0.3 is 4.79 Å². The Morgan fingerprint density at radius 2 is 1.95 bits per heavy atom. The molecule has 1 aliphatic rings. The summed E-state index contributed by atoms with van der Waals surface area (Å²) in [5.41, 5.74) is 2.02. The van der Waals surface area contributed by atoms with Gasteiger partial charge in [-0.2, -0.15) is 0 Å². The largest absolute Gasteiger partial charge is 0.303 e. The predicted molar refractivity (Wildman–Crippen MR) is 72.5 cm³/mol. The lowest BCUT2D eigenvalue weighted by atomic mass is 9.78. The molecule has 0 saturated heterocycles. The van der Waals surface area contributed by atoms with Gasteiger partial charge in [0.25, 0.3) is 0 Å². The average molecular weight is 257 g/mol. The molecule has 0 N–H and O–H groups in total. The number of halogens is 1. The predicted octanol–water partition coefficient (Wildman–Crippen LogP) is 3.85. The molecule has 0 amide bonds. The molecular weight excluding hydrogens is 241 g/mol. The molecule has 0 aliphatic heterocycles. The van der Waals surface area contributed by atoms with Gasteiger partial charge in [-0.05, 0) is 61.4 Å². The number of carbonyl (C=O) groups excluding carboxylic acids is 1. The third-order valence-corrected chi connectivity index (χ3v) is 4.14. The second kappa shape index (κ2) is 5.08. The maximum atomic E-state index is 13.4. The molecule has 3 heteroatoms. The fourth-order valence-electron chi connectivity index (χ4n) is 3.06. The Balaban J connectivity index is 1.96. The summed E-state index contributed by atoms with van der Waals surface area (Å²) in [5.74, 6) is 0.410. The van der Waals surface area contributed by atoms with E-state index in [0.29, 0.717) is 5.92 Å². The van der Waals surface area contributed by atoms with Crippen LogP contribution in [0.25, 0.3) is 10.9 Å². The minimum absolute atomic E-state index is 0.209. The molecule has 0 atom stereocenters. The van der Waals surface area contributed by atoms with Gasteiger partial charge in [0.1, 0.15) is 12.1 Å². The molecule has 3 rings (SSSR count). The first-order chi connectivity index (χ1) is 9.28. The minimum atomic E-state index is -0.219. The average Bonchev–Trinajstić information content (AvgIpc) is 2.47. The first-order valence-corrected chi connectivity index (χ1v) is 6.77. The normalized spacial score (nSPS) is 23.4. The summed E-state index contributed by atoms with van der Waals surface area (Å²) in [5, 5.41) is 0.914. The molecule has 0 spiro atoms. The van der Waals surface area contributed by atoms with E-state index in [1.807, 2.05) is 6.07 Å². The number of nitrogens with zero attached hydrogens (tertiary/aromatic N) is 1. The van der Waals surface area contributed by atoms with Crippen molar-refractivity contribution >= 4 is 17.2 Å². The van der Waals surface area contributed by atoms with Gasteiger partial charge in [0.15, 0.2) is 0 Å². The molecule has 98 valence electrons. The Bertz CT molecular complexity index is 603. The third kappa shape index (κ3) is 2.37. The van der Waals surface area contributed by atoms with Crippen molar-refractivity contribution in [3.63, 3.8) is 0 Å². The molecule has 0 bridgehead atoms. The van der Waals surface area contributed by atoms with Crippen LogP contribution >= 0.6 is 0 Å². The summed E-state index contributed by atoms with van der Waals surface area (Å²) in [4.78, 5) is 15.1. The van der Waals surface area contributed by atoms with Crippen LogP contribution in [0.1, 0.15) is 37.2 Å². The van der Waals surface area contributed by atoms with Crippen molar-refractivity contribution in [1.82, 2.24) is 4.98 Å². The number of hydrogen-bond donors (Lipinski definition) is 0. The number of hydrogen-bond acceptors (Lipinski definition) is 2. The highest BCUT2D eigenvalue weighted by Gasteiger charge is 2.23. The zero-order chi connectivity index (χ0) is 13.2. The highest BCUT2D eigenvalue weighted by atomic mass is 19.1. The summed E-state index contributed by atoms with van der Waals surface area (Å²) in [6, 6.07) is 6.74. The van der Waals surface area contributed by atoms with E-state index in [9.17, 15) is 9.18 Å². The Labute approximate surface area is 111 Å². The Kier molecular flexibility index (Phi) is 3.28. The van der Waals surface area contributed by atoms with Gasteiger partial charge in [-0.25, -0.2) is 4.39 Å². The van der Waals surface area contributed by atoms with Gasteiger partial charge in [-0.3, -0.25) is 4.98 Å². The van der Waals surface area contributed by atoms with Gasteiger partial charge in [0, 0.05) is 17.5 Å². The quantitative estimate of drug-likeness (QED) is 0.765. The SMILES string of the molecule is O=CC1CCC(c2ccnc3ccc(F)cc23)CC1. The number of fused-ring (bicyclic) bond motifs is 1. The molecule has 1 saturated carbocycles. The van der Waals surface area contributed by atoms with Crippen LogP contribution in [0.2, 0.25) is 0 Å². The zero-order valence-corrected chi connectivity index (χ0v) is 10.7. The van der Waals surface area contributed by atoms with Gasteiger partial charge in [-0.15, -0.1) is 0 Å². The Hall–Kier alpha value is -1.77.